The Bertz CT molecular complexity index is 1260. The maximum Gasteiger partial charge on any atom is 0.265 e. The maximum atomic E-state index is 13.7. The smallest absolute Gasteiger partial charge is 0.265 e. The first-order valence-electron chi connectivity index (χ1n) is 8.64. The van der Waals surface area contributed by atoms with Crippen molar-refractivity contribution in [3.8, 4) is 0 Å². The molecule has 142 valence electrons. The molecule has 1 heterocycles. The van der Waals surface area contributed by atoms with Crippen molar-refractivity contribution < 1.29 is 22.7 Å². The Morgan fingerprint density at radius 3 is 2.46 bits per heavy atom. The zero-order valence-corrected chi connectivity index (χ0v) is 15.7. The fraction of sp³-hybridized carbons (Fsp3) is 0.0952. The fourth-order valence-corrected chi connectivity index (χ4v) is 5.07. The van der Waals surface area contributed by atoms with Crippen LogP contribution in [0.4, 0.5) is 4.39 Å². The molecule has 0 aromatic heterocycles. The number of Topliss-reactive ketones (excluding diaryl/α,β-unsaturated/α-hetero) is 1. The third kappa shape index (κ3) is 2.66. The van der Waals surface area contributed by atoms with Gasteiger partial charge in [-0.05, 0) is 42.0 Å². The van der Waals surface area contributed by atoms with E-state index in [0.717, 1.165) is 33.3 Å². The van der Waals surface area contributed by atoms with Crippen molar-refractivity contribution >= 4 is 32.3 Å². The van der Waals surface area contributed by atoms with Crippen molar-refractivity contribution in [3.05, 3.63) is 83.3 Å². The first-order chi connectivity index (χ1) is 13.3. The Balaban J connectivity index is 1.99. The van der Waals surface area contributed by atoms with E-state index in [9.17, 15) is 22.7 Å². The average molecular weight is 397 g/mol. The molecule has 4 rings (SSSR count). The van der Waals surface area contributed by atoms with Crippen LogP contribution in [-0.2, 0) is 10.0 Å². The molecule has 0 radical (unpaired) electrons. The predicted molar refractivity (Wildman–Crippen MR) is 104 cm³/mol. The van der Waals surface area contributed by atoms with E-state index in [1.54, 1.807) is 25.1 Å². The van der Waals surface area contributed by atoms with Gasteiger partial charge in [0, 0.05) is 17.7 Å². The van der Waals surface area contributed by atoms with Crippen LogP contribution in [0.2, 0.25) is 0 Å². The number of halogens is 1. The Morgan fingerprint density at radius 2 is 1.75 bits per heavy atom. The van der Waals surface area contributed by atoms with Gasteiger partial charge in [-0.3, -0.25) is 9.10 Å². The number of nitrogens with zero attached hydrogens (tertiary/aromatic N) is 1. The van der Waals surface area contributed by atoms with E-state index >= 15 is 0 Å². The maximum absolute atomic E-state index is 13.7. The van der Waals surface area contributed by atoms with Crippen LogP contribution in [-0.4, -0.2) is 30.2 Å². The van der Waals surface area contributed by atoms with Crippen molar-refractivity contribution in [1.82, 2.24) is 4.31 Å². The summed E-state index contributed by atoms with van der Waals surface area (Å²) in [6.45, 7) is 1.50. The number of hydrogen-bond donors (Lipinski definition) is 1. The molecule has 3 aromatic rings. The number of likely N-dealkylation sites (N-methyl/N-ethyl adjacent to an activating group) is 1. The lowest BCUT2D eigenvalue weighted by molar-refractivity contribution is 0.0999. The molecule has 0 spiro atoms. The van der Waals surface area contributed by atoms with Crippen LogP contribution < -0.4 is 0 Å². The van der Waals surface area contributed by atoms with Crippen LogP contribution in [0.15, 0.2) is 71.3 Å². The highest BCUT2D eigenvalue weighted by molar-refractivity contribution is 7.89. The molecule has 1 aliphatic rings. The monoisotopic (exact) mass is 397 g/mol. The molecule has 0 atom stereocenters. The summed E-state index contributed by atoms with van der Waals surface area (Å²) >= 11 is 0. The molecule has 0 bridgehead atoms. The number of aliphatic hydroxyl groups is 1. The Labute approximate surface area is 161 Å². The fourth-order valence-electron chi connectivity index (χ4n) is 3.41. The first kappa shape index (κ1) is 18.2. The average Bonchev–Trinajstić information content (AvgIpc) is 2.69. The highest BCUT2D eigenvalue weighted by Crippen LogP contribution is 2.36. The second-order valence-corrected chi connectivity index (χ2v) is 8.23. The van der Waals surface area contributed by atoms with Crippen molar-refractivity contribution in [3.63, 3.8) is 0 Å². The van der Waals surface area contributed by atoms with Gasteiger partial charge in [0.15, 0.2) is 5.76 Å². The highest BCUT2D eigenvalue weighted by Gasteiger charge is 2.41. The van der Waals surface area contributed by atoms with E-state index in [4.69, 9.17) is 0 Å². The van der Waals surface area contributed by atoms with Gasteiger partial charge in [0.25, 0.3) is 10.0 Å². The number of aliphatic hydroxyl groups excluding tert-OH is 1. The van der Waals surface area contributed by atoms with Gasteiger partial charge in [-0.15, -0.1) is 0 Å². The summed E-state index contributed by atoms with van der Waals surface area (Å²) in [5, 5.41) is 12.6. The molecule has 28 heavy (non-hydrogen) atoms. The number of ketones is 1. The van der Waals surface area contributed by atoms with E-state index in [1.165, 1.54) is 0 Å². The summed E-state index contributed by atoms with van der Waals surface area (Å²) < 4.78 is 40.5. The lowest BCUT2D eigenvalue weighted by Gasteiger charge is -2.31. The number of hydrogen-bond acceptors (Lipinski definition) is 4. The normalized spacial score (nSPS) is 17.5. The second-order valence-electron chi connectivity index (χ2n) is 6.40. The van der Waals surface area contributed by atoms with Crippen molar-refractivity contribution in [2.45, 2.75) is 11.8 Å². The molecule has 0 amide bonds. The molecule has 0 unspecified atom stereocenters. The lowest BCUT2D eigenvalue weighted by atomic mass is 10.0. The topological polar surface area (TPSA) is 74.7 Å². The van der Waals surface area contributed by atoms with E-state index < -0.39 is 27.4 Å². The summed E-state index contributed by atoms with van der Waals surface area (Å²) in [5.41, 5.74) is -0.363. The van der Waals surface area contributed by atoms with Crippen molar-refractivity contribution in [2.75, 3.05) is 6.54 Å². The molecule has 0 aliphatic carbocycles. The van der Waals surface area contributed by atoms with Gasteiger partial charge in [-0.1, -0.05) is 36.4 Å². The zero-order valence-electron chi connectivity index (χ0n) is 14.9. The Hall–Kier alpha value is -3.19. The van der Waals surface area contributed by atoms with Gasteiger partial charge in [0.1, 0.15) is 11.5 Å². The molecule has 0 fully saturated rings. The number of sulfonamides is 1. The Kier molecular flexibility index (Phi) is 4.19. The third-order valence-electron chi connectivity index (χ3n) is 4.75. The minimum Gasteiger partial charge on any atom is -0.505 e. The van der Waals surface area contributed by atoms with E-state index in [0.29, 0.717) is 5.56 Å². The molecule has 0 saturated heterocycles. The van der Waals surface area contributed by atoms with Crippen LogP contribution in [0.5, 0.6) is 0 Å². The van der Waals surface area contributed by atoms with Crippen LogP contribution >= 0.6 is 0 Å². The molecular formula is C21H16FNO4S. The summed E-state index contributed by atoms with van der Waals surface area (Å²) in [7, 11) is -4.10. The van der Waals surface area contributed by atoms with Crippen LogP contribution in [0.3, 0.4) is 0 Å². The zero-order chi connectivity index (χ0) is 20.1. The second kappa shape index (κ2) is 6.45. The molecule has 0 saturated carbocycles. The Morgan fingerprint density at radius 1 is 1.04 bits per heavy atom. The number of carbonyl (C=O) groups excluding carboxylic acids is 1. The SMILES string of the molecule is CCN1C(=C(O)c2ccc3ccccc3c2)C(=O)c2cc(F)ccc2S1(=O)=O. The lowest BCUT2D eigenvalue weighted by Crippen LogP contribution is -2.39. The van der Waals surface area contributed by atoms with Gasteiger partial charge in [-0.25, -0.2) is 12.8 Å². The van der Waals surface area contributed by atoms with Crippen molar-refractivity contribution in [2.24, 2.45) is 0 Å². The largest absolute Gasteiger partial charge is 0.505 e. The van der Waals surface area contributed by atoms with E-state index in [-0.39, 0.29) is 22.7 Å². The van der Waals surface area contributed by atoms with Gasteiger partial charge in [-0.2, -0.15) is 0 Å². The standard InChI is InChI=1S/C21H16FNO4S/c1-2-23-19(20(24)15-8-7-13-5-3-4-6-14(13)11-15)21(25)17-12-16(22)9-10-18(17)28(23,26)27/h3-12,24H,2H2,1H3. The van der Waals surface area contributed by atoms with Gasteiger partial charge in [0.05, 0.1) is 4.90 Å². The quantitative estimate of drug-likeness (QED) is 0.522. The first-order valence-corrected chi connectivity index (χ1v) is 10.1. The number of carbonyl (C=O) groups is 1. The van der Waals surface area contributed by atoms with E-state index in [1.807, 2.05) is 24.3 Å². The van der Waals surface area contributed by atoms with Crippen molar-refractivity contribution in [1.29, 1.82) is 0 Å². The van der Waals surface area contributed by atoms with Gasteiger partial charge < -0.3 is 5.11 Å². The van der Waals surface area contributed by atoms with Gasteiger partial charge >= 0.3 is 0 Å². The van der Waals surface area contributed by atoms with Crippen LogP contribution in [0, 0.1) is 5.82 Å². The molecule has 5 nitrogen and oxygen atoms in total. The minimum absolute atomic E-state index is 0.0577. The molecule has 1 aliphatic heterocycles. The summed E-state index contributed by atoms with van der Waals surface area (Å²) in [6, 6.07) is 15.5. The number of benzene rings is 3. The number of rotatable bonds is 2. The highest BCUT2D eigenvalue weighted by atomic mass is 32.2. The number of allylic oxidation sites excluding steroid dienone is 1. The molecule has 7 heteroatoms. The minimum atomic E-state index is -4.10. The van der Waals surface area contributed by atoms with Gasteiger partial charge in [0.2, 0.25) is 5.78 Å². The summed E-state index contributed by atoms with van der Waals surface area (Å²) in [6.07, 6.45) is 0. The summed E-state index contributed by atoms with van der Waals surface area (Å²) in [4.78, 5) is 12.7. The molecular weight excluding hydrogens is 381 g/mol. The van der Waals surface area contributed by atoms with Crippen LogP contribution in [0.25, 0.3) is 16.5 Å². The third-order valence-corrected chi connectivity index (χ3v) is 6.69. The van der Waals surface area contributed by atoms with E-state index in [2.05, 4.69) is 0 Å². The number of fused-ring (bicyclic) bond motifs is 2. The predicted octanol–water partition coefficient (Wildman–Crippen LogP) is 4.11. The summed E-state index contributed by atoms with van der Waals surface area (Å²) in [5.74, 6) is -1.93. The van der Waals surface area contributed by atoms with Crippen LogP contribution in [0.1, 0.15) is 22.8 Å². The molecule has 1 N–H and O–H groups in total. The molecule has 3 aromatic carbocycles.